The van der Waals surface area contributed by atoms with Gasteiger partial charge in [0.1, 0.15) is 0 Å². The summed E-state index contributed by atoms with van der Waals surface area (Å²) >= 11 is 2.23. The van der Waals surface area contributed by atoms with E-state index in [4.69, 9.17) is 0 Å². The van der Waals surface area contributed by atoms with Crippen molar-refractivity contribution in [1.29, 1.82) is 0 Å². The zero-order chi connectivity index (χ0) is 14.1. The zero-order valence-electron chi connectivity index (χ0n) is 12.9. The smallest absolute Gasteiger partial charge is 0.0634 e. The maximum atomic E-state index is 2.54. The van der Waals surface area contributed by atoms with Crippen molar-refractivity contribution in [1.82, 2.24) is 0 Å². The third-order valence-corrected chi connectivity index (χ3v) is 11.3. The fraction of sp³-hybridized carbons (Fsp3) is 0.529. The lowest BCUT2D eigenvalue weighted by Crippen LogP contribution is -2.52. The summed E-state index contributed by atoms with van der Waals surface area (Å²) in [6, 6.07) is 11.1. The van der Waals surface area contributed by atoms with Crippen LogP contribution >= 0.6 is 11.8 Å². The van der Waals surface area contributed by atoms with Gasteiger partial charge >= 0.3 is 0 Å². The lowest BCUT2D eigenvalue weighted by atomic mass is 10.0. The first-order chi connectivity index (χ1) is 8.84. The molecule has 19 heavy (non-hydrogen) atoms. The van der Waals surface area contributed by atoms with E-state index in [1.165, 1.54) is 24.2 Å². The molecular weight excluding hydrogens is 264 g/mol. The van der Waals surface area contributed by atoms with Gasteiger partial charge in [0.2, 0.25) is 0 Å². The highest BCUT2D eigenvalue weighted by Crippen LogP contribution is 2.47. The first-order valence-electron chi connectivity index (χ1n) is 7.17. The Hall–Kier alpha value is -0.473. The quantitative estimate of drug-likeness (QED) is 0.536. The van der Waals surface area contributed by atoms with Crippen LogP contribution in [0.2, 0.25) is 19.6 Å². The van der Waals surface area contributed by atoms with E-state index < -0.39 is 8.07 Å². The molecule has 0 aromatic heterocycles. The molecule has 0 aliphatic carbocycles. The van der Waals surface area contributed by atoms with E-state index in [9.17, 15) is 0 Å². The lowest BCUT2D eigenvalue weighted by molar-refractivity contribution is 0.718. The summed E-state index contributed by atoms with van der Waals surface area (Å²) in [5.74, 6) is 1.23. The molecule has 0 saturated carbocycles. The van der Waals surface area contributed by atoms with Crippen molar-refractivity contribution in [3.63, 3.8) is 0 Å². The number of hydrogen-bond acceptors (Lipinski definition) is 1. The SMILES string of the molecule is CC1=C(C)CC(Cc2ccccc2)([Si](C)(C)C)SC1. The molecule has 0 N–H and O–H groups in total. The van der Waals surface area contributed by atoms with Crippen LogP contribution in [-0.4, -0.2) is 18.2 Å². The second kappa shape index (κ2) is 5.49. The van der Waals surface area contributed by atoms with Crippen LogP contribution in [0.25, 0.3) is 0 Å². The van der Waals surface area contributed by atoms with E-state index in [0.717, 1.165) is 0 Å². The lowest BCUT2D eigenvalue weighted by Gasteiger charge is -2.46. The van der Waals surface area contributed by atoms with Crippen LogP contribution in [-0.2, 0) is 6.42 Å². The highest BCUT2D eigenvalue weighted by Gasteiger charge is 2.45. The summed E-state index contributed by atoms with van der Waals surface area (Å²) in [6.07, 6.45) is 2.52. The minimum Gasteiger partial charge on any atom is -0.153 e. The van der Waals surface area contributed by atoms with Crippen LogP contribution < -0.4 is 0 Å². The molecule has 2 heteroatoms. The predicted molar refractivity (Wildman–Crippen MR) is 91.7 cm³/mol. The van der Waals surface area contributed by atoms with E-state index in [1.807, 2.05) is 0 Å². The third kappa shape index (κ3) is 3.17. The predicted octanol–water partition coefficient (Wildman–Crippen LogP) is 5.32. The maximum Gasteiger partial charge on any atom is 0.0634 e. The Bertz CT molecular complexity index is 470. The molecule has 1 aromatic rings. The van der Waals surface area contributed by atoms with E-state index in [0.29, 0.717) is 4.37 Å². The van der Waals surface area contributed by atoms with Gasteiger partial charge in [-0.05, 0) is 32.3 Å². The highest BCUT2D eigenvalue weighted by molar-refractivity contribution is 8.02. The molecule has 0 fully saturated rings. The summed E-state index contributed by atoms with van der Waals surface area (Å²) in [4.78, 5) is 0. The Labute approximate surface area is 123 Å². The summed E-state index contributed by atoms with van der Waals surface area (Å²) in [5, 5.41) is 0. The van der Waals surface area contributed by atoms with Gasteiger partial charge in [-0.3, -0.25) is 0 Å². The molecule has 0 amide bonds. The van der Waals surface area contributed by atoms with Crippen LogP contribution in [0.3, 0.4) is 0 Å². The van der Waals surface area contributed by atoms with Crippen molar-refractivity contribution >= 4 is 19.8 Å². The molecular formula is C17H26SSi. The normalized spacial score (nSPS) is 24.7. The first kappa shape index (κ1) is 14.9. The van der Waals surface area contributed by atoms with Gasteiger partial charge in [-0.15, -0.1) is 0 Å². The van der Waals surface area contributed by atoms with Crippen molar-refractivity contribution in [3.05, 3.63) is 47.0 Å². The molecule has 1 atom stereocenters. The zero-order valence-corrected chi connectivity index (χ0v) is 14.7. The van der Waals surface area contributed by atoms with Crippen molar-refractivity contribution in [2.24, 2.45) is 0 Å². The average molecular weight is 291 g/mol. The van der Waals surface area contributed by atoms with Crippen LogP contribution in [0.1, 0.15) is 25.8 Å². The molecule has 1 heterocycles. The van der Waals surface area contributed by atoms with Crippen molar-refractivity contribution in [2.45, 2.75) is 50.7 Å². The third-order valence-electron chi connectivity index (χ3n) is 4.54. The molecule has 1 aliphatic rings. The van der Waals surface area contributed by atoms with Crippen molar-refractivity contribution in [2.75, 3.05) is 5.75 Å². The van der Waals surface area contributed by atoms with Crippen LogP contribution in [0.4, 0.5) is 0 Å². The van der Waals surface area contributed by atoms with E-state index >= 15 is 0 Å². The number of benzene rings is 1. The molecule has 0 bridgehead atoms. The van der Waals surface area contributed by atoms with E-state index in [-0.39, 0.29) is 0 Å². The Morgan fingerprint density at radius 2 is 1.68 bits per heavy atom. The topological polar surface area (TPSA) is 0 Å². The standard InChI is InChI=1S/C17H26SSi/c1-14-11-17(19(3,4)5,18-13-15(14)2)12-16-9-7-6-8-10-16/h6-10H,11-13H2,1-5H3. The van der Waals surface area contributed by atoms with E-state index in [1.54, 1.807) is 11.1 Å². The Kier molecular flexibility index (Phi) is 4.31. The minimum absolute atomic E-state index is 0.470. The first-order valence-corrected chi connectivity index (χ1v) is 11.7. The fourth-order valence-electron chi connectivity index (χ4n) is 2.79. The Morgan fingerprint density at radius 3 is 2.21 bits per heavy atom. The molecule has 1 aliphatic heterocycles. The summed E-state index contributed by atoms with van der Waals surface area (Å²) in [6.45, 7) is 12.3. The van der Waals surface area contributed by atoms with Crippen LogP contribution in [0.5, 0.6) is 0 Å². The monoisotopic (exact) mass is 290 g/mol. The van der Waals surface area contributed by atoms with Gasteiger partial charge in [0.25, 0.3) is 0 Å². The minimum atomic E-state index is -1.23. The number of allylic oxidation sites excluding steroid dienone is 1. The number of rotatable bonds is 3. The number of hydrogen-bond donors (Lipinski definition) is 0. The molecule has 1 aromatic carbocycles. The van der Waals surface area contributed by atoms with Gasteiger partial charge in [-0.25, -0.2) is 0 Å². The summed E-state index contributed by atoms with van der Waals surface area (Å²) < 4.78 is 0.470. The Morgan fingerprint density at radius 1 is 1.05 bits per heavy atom. The second-order valence-electron chi connectivity index (χ2n) is 6.93. The van der Waals surface area contributed by atoms with Gasteiger partial charge in [-0.1, -0.05) is 61.1 Å². The molecule has 0 radical (unpaired) electrons. The molecule has 2 rings (SSSR count). The molecule has 104 valence electrons. The van der Waals surface area contributed by atoms with Crippen LogP contribution in [0, 0.1) is 0 Å². The molecule has 0 nitrogen and oxygen atoms in total. The molecule has 0 spiro atoms. The largest absolute Gasteiger partial charge is 0.153 e. The fourth-order valence-corrected chi connectivity index (χ4v) is 7.59. The van der Waals surface area contributed by atoms with Gasteiger partial charge < -0.3 is 0 Å². The highest BCUT2D eigenvalue weighted by atomic mass is 32.2. The number of thioether (sulfide) groups is 1. The van der Waals surface area contributed by atoms with Gasteiger partial charge in [0.05, 0.1) is 8.07 Å². The second-order valence-corrected chi connectivity index (χ2v) is 14.1. The van der Waals surface area contributed by atoms with Crippen molar-refractivity contribution in [3.8, 4) is 0 Å². The maximum absolute atomic E-state index is 2.54. The van der Waals surface area contributed by atoms with Gasteiger partial charge in [0.15, 0.2) is 0 Å². The van der Waals surface area contributed by atoms with Gasteiger partial charge in [0, 0.05) is 10.1 Å². The van der Waals surface area contributed by atoms with Crippen molar-refractivity contribution < 1.29 is 0 Å². The molecule has 0 saturated heterocycles. The summed E-state index contributed by atoms with van der Waals surface area (Å²) in [7, 11) is -1.23. The van der Waals surface area contributed by atoms with Gasteiger partial charge in [-0.2, -0.15) is 11.8 Å². The van der Waals surface area contributed by atoms with Crippen LogP contribution in [0.15, 0.2) is 41.5 Å². The summed E-state index contributed by atoms with van der Waals surface area (Å²) in [5.41, 5.74) is 4.74. The molecule has 1 unspecified atom stereocenters. The average Bonchev–Trinajstić information content (AvgIpc) is 2.34. The van der Waals surface area contributed by atoms with E-state index in [2.05, 4.69) is 75.6 Å². The Balaban J connectivity index is 2.33.